The Balaban J connectivity index is 1.80. The van der Waals surface area contributed by atoms with Gasteiger partial charge in [0.05, 0.1) is 11.8 Å². The first-order chi connectivity index (χ1) is 9.81. The molecule has 0 radical (unpaired) electrons. The van der Waals surface area contributed by atoms with Crippen molar-refractivity contribution in [3.05, 3.63) is 18.1 Å². The number of aromatic amines is 1. The largest absolute Gasteiger partial charge is 0.469 e. The van der Waals surface area contributed by atoms with E-state index in [1.165, 1.54) is 6.42 Å². The molecular weight excluding hydrogens is 254 g/mol. The average Bonchev–Trinajstić information content (AvgIpc) is 3.15. The Kier molecular flexibility index (Phi) is 3.73. The van der Waals surface area contributed by atoms with Crippen molar-refractivity contribution >= 4 is 5.95 Å². The molecule has 1 unspecified atom stereocenters. The van der Waals surface area contributed by atoms with Gasteiger partial charge in [-0.15, -0.1) is 5.10 Å². The van der Waals surface area contributed by atoms with Gasteiger partial charge in [-0.1, -0.05) is 6.92 Å². The first-order valence-electron chi connectivity index (χ1n) is 7.26. The predicted molar refractivity (Wildman–Crippen MR) is 77.5 cm³/mol. The van der Waals surface area contributed by atoms with Crippen LogP contribution in [-0.2, 0) is 6.42 Å². The molecule has 3 rings (SSSR count). The zero-order chi connectivity index (χ0) is 13.9. The maximum atomic E-state index is 5.78. The molecular formula is C14H21N5O. The van der Waals surface area contributed by atoms with Crippen molar-refractivity contribution in [3.63, 3.8) is 0 Å². The molecule has 0 spiro atoms. The van der Waals surface area contributed by atoms with Crippen molar-refractivity contribution in [2.45, 2.75) is 26.2 Å². The number of hydrogen-bond donors (Lipinski definition) is 2. The minimum absolute atomic E-state index is 0.547. The summed E-state index contributed by atoms with van der Waals surface area (Å²) in [5.41, 5.74) is 6.77. The molecule has 6 nitrogen and oxygen atoms in total. The molecule has 6 heteroatoms. The summed E-state index contributed by atoms with van der Waals surface area (Å²) in [7, 11) is 0. The number of piperidine rings is 1. The molecule has 1 saturated heterocycles. The van der Waals surface area contributed by atoms with Crippen molar-refractivity contribution in [2.75, 3.05) is 24.5 Å². The zero-order valence-corrected chi connectivity index (χ0v) is 11.8. The third-order valence-electron chi connectivity index (χ3n) is 3.93. The summed E-state index contributed by atoms with van der Waals surface area (Å²) < 4.78 is 5.44. The lowest BCUT2D eigenvalue weighted by atomic mass is 9.99. The number of aromatic nitrogens is 3. The van der Waals surface area contributed by atoms with Crippen LogP contribution in [0, 0.1) is 5.92 Å². The minimum Gasteiger partial charge on any atom is -0.469 e. The van der Waals surface area contributed by atoms with Gasteiger partial charge in [-0.3, -0.25) is 5.10 Å². The van der Waals surface area contributed by atoms with Crippen molar-refractivity contribution in [2.24, 2.45) is 11.7 Å². The smallest absolute Gasteiger partial charge is 0.245 e. The zero-order valence-electron chi connectivity index (χ0n) is 11.8. The van der Waals surface area contributed by atoms with Crippen LogP contribution in [0.3, 0.4) is 0 Å². The van der Waals surface area contributed by atoms with Crippen LogP contribution in [-0.4, -0.2) is 34.8 Å². The monoisotopic (exact) mass is 275 g/mol. The molecule has 2 aromatic rings. The van der Waals surface area contributed by atoms with E-state index in [0.717, 1.165) is 55.6 Å². The quantitative estimate of drug-likeness (QED) is 0.889. The molecule has 3 N–H and O–H groups in total. The third-order valence-corrected chi connectivity index (χ3v) is 3.93. The van der Waals surface area contributed by atoms with Gasteiger partial charge >= 0.3 is 0 Å². The van der Waals surface area contributed by atoms with E-state index in [-0.39, 0.29) is 0 Å². The van der Waals surface area contributed by atoms with E-state index in [1.54, 1.807) is 6.26 Å². The standard InChI is InChI=1S/C14H21N5O/c1-2-12-11(5-7-20-12)13-16-14(18-17-13)19-6-3-4-10(8-15)9-19/h5,7,10H,2-4,6,8-9,15H2,1H3,(H,16,17,18). The second kappa shape index (κ2) is 5.66. The Morgan fingerprint density at radius 1 is 1.55 bits per heavy atom. The maximum absolute atomic E-state index is 5.78. The van der Waals surface area contributed by atoms with Crippen LogP contribution in [0.1, 0.15) is 25.5 Å². The summed E-state index contributed by atoms with van der Waals surface area (Å²) in [5.74, 6) is 3.03. The number of hydrogen-bond acceptors (Lipinski definition) is 5. The van der Waals surface area contributed by atoms with Crippen molar-refractivity contribution in [1.29, 1.82) is 0 Å². The summed E-state index contributed by atoms with van der Waals surface area (Å²) in [6.07, 6.45) is 4.89. The molecule has 108 valence electrons. The van der Waals surface area contributed by atoms with Gasteiger partial charge in [0.2, 0.25) is 5.95 Å². The molecule has 1 aliphatic heterocycles. The number of nitrogens with two attached hydrogens (primary N) is 1. The fourth-order valence-corrected chi connectivity index (χ4v) is 2.78. The van der Waals surface area contributed by atoms with E-state index in [4.69, 9.17) is 10.2 Å². The highest BCUT2D eigenvalue weighted by Gasteiger charge is 2.22. The third kappa shape index (κ3) is 2.43. The van der Waals surface area contributed by atoms with E-state index in [9.17, 15) is 0 Å². The van der Waals surface area contributed by atoms with E-state index >= 15 is 0 Å². The Morgan fingerprint density at radius 2 is 2.45 bits per heavy atom. The summed E-state index contributed by atoms with van der Waals surface area (Å²) in [6, 6.07) is 1.93. The van der Waals surface area contributed by atoms with E-state index in [1.807, 2.05) is 6.07 Å². The highest BCUT2D eigenvalue weighted by atomic mass is 16.3. The summed E-state index contributed by atoms with van der Waals surface area (Å²) in [5, 5.41) is 7.37. The lowest BCUT2D eigenvalue weighted by molar-refractivity contribution is 0.420. The van der Waals surface area contributed by atoms with Gasteiger partial charge in [0.25, 0.3) is 0 Å². The molecule has 20 heavy (non-hydrogen) atoms. The van der Waals surface area contributed by atoms with Gasteiger partial charge in [0, 0.05) is 19.5 Å². The summed E-state index contributed by atoms with van der Waals surface area (Å²) >= 11 is 0. The molecule has 0 amide bonds. The lowest BCUT2D eigenvalue weighted by Gasteiger charge is -2.31. The Morgan fingerprint density at radius 3 is 3.25 bits per heavy atom. The number of rotatable bonds is 4. The molecule has 1 atom stereocenters. The molecule has 0 saturated carbocycles. The van der Waals surface area contributed by atoms with Gasteiger partial charge in [-0.2, -0.15) is 4.98 Å². The Bertz CT molecular complexity index is 561. The number of anilines is 1. The average molecular weight is 275 g/mol. The SMILES string of the molecule is CCc1occc1-c1nc(N2CCCC(CN)C2)n[nH]1. The van der Waals surface area contributed by atoms with Crippen LogP contribution in [0.25, 0.3) is 11.4 Å². The van der Waals surface area contributed by atoms with Gasteiger partial charge in [0.1, 0.15) is 5.76 Å². The molecule has 3 heterocycles. The van der Waals surface area contributed by atoms with E-state index in [0.29, 0.717) is 5.92 Å². The van der Waals surface area contributed by atoms with Crippen LogP contribution in [0.15, 0.2) is 16.7 Å². The molecule has 0 bridgehead atoms. The molecule has 1 fully saturated rings. The fourth-order valence-electron chi connectivity index (χ4n) is 2.78. The number of H-pyrrole nitrogens is 1. The van der Waals surface area contributed by atoms with Crippen LogP contribution in [0.5, 0.6) is 0 Å². The maximum Gasteiger partial charge on any atom is 0.245 e. The fraction of sp³-hybridized carbons (Fsp3) is 0.571. The highest BCUT2D eigenvalue weighted by molar-refractivity contribution is 5.58. The minimum atomic E-state index is 0.547. The van der Waals surface area contributed by atoms with Crippen LogP contribution >= 0.6 is 0 Å². The molecule has 1 aliphatic rings. The van der Waals surface area contributed by atoms with Crippen LogP contribution in [0.4, 0.5) is 5.95 Å². The predicted octanol–water partition coefficient (Wildman–Crippen LogP) is 1.80. The van der Waals surface area contributed by atoms with Crippen molar-refractivity contribution in [1.82, 2.24) is 15.2 Å². The molecule has 0 aliphatic carbocycles. The molecule has 2 aromatic heterocycles. The first-order valence-corrected chi connectivity index (χ1v) is 7.26. The van der Waals surface area contributed by atoms with Crippen LogP contribution < -0.4 is 10.6 Å². The van der Waals surface area contributed by atoms with Crippen molar-refractivity contribution < 1.29 is 4.42 Å². The Labute approximate surface area is 118 Å². The normalized spacial score (nSPS) is 19.5. The number of furan rings is 1. The van der Waals surface area contributed by atoms with Gasteiger partial charge in [0.15, 0.2) is 5.82 Å². The second-order valence-electron chi connectivity index (χ2n) is 5.28. The highest BCUT2D eigenvalue weighted by Crippen LogP contribution is 2.25. The van der Waals surface area contributed by atoms with Crippen LogP contribution in [0.2, 0.25) is 0 Å². The Hall–Kier alpha value is -1.82. The van der Waals surface area contributed by atoms with E-state index in [2.05, 4.69) is 27.0 Å². The number of aryl methyl sites for hydroxylation is 1. The van der Waals surface area contributed by atoms with Crippen molar-refractivity contribution in [3.8, 4) is 11.4 Å². The summed E-state index contributed by atoms with van der Waals surface area (Å²) in [4.78, 5) is 6.83. The second-order valence-corrected chi connectivity index (χ2v) is 5.28. The van der Waals surface area contributed by atoms with Gasteiger partial charge in [-0.25, -0.2) is 0 Å². The lowest BCUT2D eigenvalue weighted by Crippen LogP contribution is -2.38. The number of nitrogens with zero attached hydrogens (tertiary/aromatic N) is 3. The number of nitrogens with one attached hydrogen (secondary N) is 1. The summed E-state index contributed by atoms with van der Waals surface area (Å²) in [6.45, 7) is 4.74. The first kappa shape index (κ1) is 13.2. The topological polar surface area (TPSA) is 84.0 Å². The van der Waals surface area contributed by atoms with Gasteiger partial charge < -0.3 is 15.1 Å². The molecule has 0 aromatic carbocycles. The van der Waals surface area contributed by atoms with E-state index < -0.39 is 0 Å². The van der Waals surface area contributed by atoms with Gasteiger partial charge in [-0.05, 0) is 31.4 Å².